The van der Waals surface area contributed by atoms with Gasteiger partial charge < -0.3 is 19.3 Å². The summed E-state index contributed by atoms with van der Waals surface area (Å²) in [4.78, 5) is 17.5. The van der Waals surface area contributed by atoms with E-state index in [-0.39, 0.29) is 24.7 Å². The van der Waals surface area contributed by atoms with Gasteiger partial charge in [-0.05, 0) is 42.8 Å². The summed E-state index contributed by atoms with van der Waals surface area (Å²) in [6, 6.07) is 12.9. The number of thioether (sulfide) groups is 1. The maximum absolute atomic E-state index is 12.5. The minimum Gasteiger partial charge on any atom is -0.506 e. The minimum absolute atomic E-state index is 0.0591. The van der Waals surface area contributed by atoms with E-state index in [9.17, 15) is 9.90 Å². The van der Waals surface area contributed by atoms with Crippen molar-refractivity contribution < 1.29 is 24.1 Å². The lowest BCUT2D eigenvalue weighted by Crippen LogP contribution is -2.12. The summed E-state index contributed by atoms with van der Waals surface area (Å²) >= 11 is 4.71. The first kappa shape index (κ1) is 19.6. The number of aliphatic imine (C=N–C) groups is 1. The number of para-hydroxylation sites is 1. The number of hydrogen-bond donors (Lipinski definition) is 1. The second kappa shape index (κ2) is 8.34. The highest BCUT2D eigenvalue weighted by Gasteiger charge is 2.33. The lowest BCUT2D eigenvalue weighted by molar-refractivity contribution is -0.138. The quantitative estimate of drug-likeness (QED) is 0.601. The zero-order valence-electron chi connectivity index (χ0n) is 15.3. The van der Waals surface area contributed by atoms with Gasteiger partial charge in [0, 0.05) is 4.47 Å². The van der Waals surface area contributed by atoms with Gasteiger partial charge in [-0.1, -0.05) is 45.9 Å². The largest absolute Gasteiger partial charge is 0.506 e. The molecule has 6 nitrogen and oxygen atoms in total. The fraction of sp³-hybridized carbons (Fsp3) is 0.143. The number of ether oxygens (including phenoxy) is 3. The molecule has 0 amide bonds. The molecule has 2 aromatic rings. The highest BCUT2D eigenvalue weighted by Crippen LogP contribution is 2.43. The molecule has 0 radical (unpaired) electrons. The third kappa shape index (κ3) is 4.04. The van der Waals surface area contributed by atoms with Crippen molar-refractivity contribution in [3.63, 3.8) is 0 Å². The molecule has 0 bridgehead atoms. The van der Waals surface area contributed by atoms with Crippen LogP contribution in [0.3, 0.4) is 0 Å². The van der Waals surface area contributed by atoms with Gasteiger partial charge >= 0.3 is 5.97 Å². The van der Waals surface area contributed by atoms with Crippen molar-refractivity contribution in [2.45, 2.75) is 6.92 Å². The predicted octanol–water partition coefficient (Wildman–Crippen LogP) is 5.37. The van der Waals surface area contributed by atoms with Gasteiger partial charge in [0.05, 0.1) is 17.2 Å². The highest BCUT2D eigenvalue weighted by atomic mass is 79.9. The van der Waals surface area contributed by atoms with E-state index >= 15 is 0 Å². The van der Waals surface area contributed by atoms with Gasteiger partial charge in [-0.3, -0.25) is 0 Å². The molecule has 0 aliphatic carbocycles. The van der Waals surface area contributed by atoms with Crippen LogP contribution in [-0.4, -0.2) is 29.5 Å². The van der Waals surface area contributed by atoms with Gasteiger partial charge in [-0.25, -0.2) is 9.79 Å². The molecule has 2 aromatic carbocycles. The molecule has 4 rings (SSSR count). The Hall–Kier alpha value is -2.71. The van der Waals surface area contributed by atoms with Crippen molar-refractivity contribution in [3.8, 4) is 11.5 Å². The van der Waals surface area contributed by atoms with E-state index in [1.807, 2.05) is 36.4 Å². The molecule has 2 aliphatic heterocycles. The molecule has 0 aromatic heterocycles. The van der Waals surface area contributed by atoms with Crippen molar-refractivity contribution in [3.05, 3.63) is 68.7 Å². The Labute approximate surface area is 180 Å². The maximum Gasteiger partial charge on any atom is 0.344 e. The van der Waals surface area contributed by atoms with Crippen LogP contribution in [0.4, 0.5) is 5.69 Å². The normalized spacial score (nSPS) is 18.0. The first-order chi connectivity index (χ1) is 14.1. The van der Waals surface area contributed by atoms with Crippen molar-refractivity contribution in [2.24, 2.45) is 4.99 Å². The predicted molar refractivity (Wildman–Crippen MR) is 116 cm³/mol. The number of esters is 1. The van der Waals surface area contributed by atoms with Crippen LogP contribution >= 0.6 is 27.7 Å². The Bertz CT molecular complexity index is 1060. The number of benzene rings is 2. The average Bonchev–Trinajstić information content (AvgIpc) is 3.27. The zero-order valence-corrected chi connectivity index (χ0v) is 17.7. The molecule has 8 heteroatoms. The SMILES string of the molecule is CCOC(=O)C1=C(O)/C(=C\c2cc3c(cc2Br)OCO3)SC1=Nc1ccccc1. The van der Waals surface area contributed by atoms with Gasteiger partial charge in [0.25, 0.3) is 0 Å². The van der Waals surface area contributed by atoms with Crippen molar-refractivity contribution in [2.75, 3.05) is 13.4 Å². The number of rotatable bonds is 4. The highest BCUT2D eigenvalue weighted by molar-refractivity contribution is 9.10. The van der Waals surface area contributed by atoms with Crippen LogP contribution in [0.1, 0.15) is 12.5 Å². The molecule has 0 unspecified atom stereocenters. The smallest absolute Gasteiger partial charge is 0.344 e. The number of fused-ring (bicyclic) bond motifs is 1. The Morgan fingerprint density at radius 1 is 1.28 bits per heavy atom. The molecule has 0 spiro atoms. The number of aliphatic hydroxyl groups is 1. The third-order valence-electron chi connectivity index (χ3n) is 4.14. The van der Waals surface area contributed by atoms with Gasteiger partial charge in [0.2, 0.25) is 6.79 Å². The lowest BCUT2D eigenvalue weighted by Gasteiger charge is -2.04. The number of nitrogens with zero attached hydrogens (tertiary/aromatic N) is 1. The maximum atomic E-state index is 12.5. The van der Waals surface area contributed by atoms with Crippen LogP contribution in [0.25, 0.3) is 6.08 Å². The molecule has 2 heterocycles. The molecule has 0 saturated heterocycles. The van der Waals surface area contributed by atoms with Gasteiger partial charge in [-0.2, -0.15) is 0 Å². The summed E-state index contributed by atoms with van der Waals surface area (Å²) < 4.78 is 16.7. The minimum atomic E-state index is -0.611. The number of aliphatic hydroxyl groups excluding tert-OH is 1. The molecule has 29 heavy (non-hydrogen) atoms. The molecular formula is C21H16BrNO5S. The van der Waals surface area contributed by atoms with Crippen molar-refractivity contribution in [1.29, 1.82) is 0 Å². The fourth-order valence-electron chi connectivity index (χ4n) is 2.80. The summed E-state index contributed by atoms with van der Waals surface area (Å²) in [7, 11) is 0. The van der Waals surface area contributed by atoms with Gasteiger partial charge in [0.1, 0.15) is 16.4 Å². The average molecular weight is 474 g/mol. The summed E-state index contributed by atoms with van der Waals surface area (Å²) in [5, 5.41) is 11.2. The molecule has 0 saturated carbocycles. The number of carbonyl (C=O) groups excluding carboxylic acids is 1. The number of hydrogen-bond acceptors (Lipinski definition) is 7. The Morgan fingerprint density at radius 2 is 2.00 bits per heavy atom. The monoisotopic (exact) mass is 473 g/mol. The summed E-state index contributed by atoms with van der Waals surface area (Å²) in [6.07, 6.45) is 1.76. The molecule has 148 valence electrons. The van der Waals surface area contributed by atoms with E-state index in [1.54, 1.807) is 19.1 Å². The zero-order chi connectivity index (χ0) is 20.4. The standard InChI is InChI=1S/C21H16BrNO5S/c1-2-26-21(25)18-19(24)17(29-20(18)23-13-6-4-3-5-7-13)9-12-8-15-16(10-14(12)22)28-11-27-15/h3-10,24H,2,11H2,1H3/b17-9+,23-20?. The van der Waals surface area contributed by atoms with Crippen molar-refractivity contribution >= 4 is 50.5 Å². The molecule has 1 N–H and O–H groups in total. The van der Waals surface area contributed by atoms with E-state index in [4.69, 9.17) is 14.2 Å². The van der Waals surface area contributed by atoms with E-state index in [0.717, 1.165) is 10.0 Å². The fourth-order valence-corrected chi connectivity index (χ4v) is 4.26. The summed E-state index contributed by atoms with van der Waals surface area (Å²) in [5.74, 6) is 0.500. The van der Waals surface area contributed by atoms with Crippen LogP contribution < -0.4 is 9.47 Å². The van der Waals surface area contributed by atoms with E-state index < -0.39 is 5.97 Å². The second-order valence-corrected chi connectivity index (χ2v) is 7.92. The third-order valence-corrected chi connectivity index (χ3v) is 5.84. The van der Waals surface area contributed by atoms with Gasteiger partial charge in [0.15, 0.2) is 11.5 Å². The van der Waals surface area contributed by atoms with Crippen LogP contribution in [0.15, 0.2) is 68.2 Å². The van der Waals surface area contributed by atoms with E-state index in [2.05, 4.69) is 20.9 Å². The molecule has 0 fully saturated rings. The van der Waals surface area contributed by atoms with Gasteiger partial charge in [-0.15, -0.1) is 0 Å². The first-order valence-electron chi connectivity index (χ1n) is 8.80. The summed E-state index contributed by atoms with van der Waals surface area (Å²) in [5.41, 5.74) is 1.51. The molecule has 2 aliphatic rings. The summed E-state index contributed by atoms with van der Waals surface area (Å²) in [6.45, 7) is 2.08. The second-order valence-electron chi connectivity index (χ2n) is 6.03. The Kier molecular flexibility index (Phi) is 5.64. The van der Waals surface area contributed by atoms with Crippen LogP contribution in [-0.2, 0) is 9.53 Å². The van der Waals surface area contributed by atoms with E-state index in [0.29, 0.717) is 27.1 Å². The van der Waals surface area contributed by atoms with E-state index in [1.165, 1.54) is 11.8 Å². The van der Waals surface area contributed by atoms with Crippen LogP contribution in [0.5, 0.6) is 11.5 Å². The number of halogens is 1. The van der Waals surface area contributed by atoms with Crippen LogP contribution in [0, 0.1) is 0 Å². The number of carbonyl (C=O) groups is 1. The lowest BCUT2D eigenvalue weighted by atomic mass is 10.1. The Balaban J connectivity index is 1.76. The van der Waals surface area contributed by atoms with Crippen LogP contribution in [0.2, 0.25) is 0 Å². The first-order valence-corrected chi connectivity index (χ1v) is 10.4. The Morgan fingerprint density at radius 3 is 2.72 bits per heavy atom. The topological polar surface area (TPSA) is 77.4 Å². The molecule has 0 atom stereocenters. The molecular weight excluding hydrogens is 458 g/mol. The van der Waals surface area contributed by atoms with Crippen molar-refractivity contribution in [1.82, 2.24) is 0 Å².